The Bertz CT molecular complexity index is 1070. The fraction of sp³-hybridized carbons (Fsp3) is 0.318. The number of aromatic nitrogens is 2. The maximum atomic E-state index is 13.2. The highest BCUT2D eigenvalue weighted by Crippen LogP contribution is 2.20. The second-order valence-corrected chi connectivity index (χ2v) is 7.19. The molecule has 0 spiro atoms. The molecule has 2 aromatic carbocycles. The van der Waals surface area contributed by atoms with E-state index in [0.29, 0.717) is 43.5 Å². The van der Waals surface area contributed by atoms with Gasteiger partial charge in [0.1, 0.15) is 11.9 Å². The van der Waals surface area contributed by atoms with Crippen molar-refractivity contribution in [1.82, 2.24) is 14.5 Å². The minimum Gasteiger partial charge on any atom is -0.368 e. The first-order chi connectivity index (χ1) is 14.1. The summed E-state index contributed by atoms with van der Waals surface area (Å²) < 4.78 is 14.6. The van der Waals surface area contributed by atoms with E-state index in [1.54, 1.807) is 35.2 Å². The lowest BCUT2D eigenvalue weighted by molar-refractivity contribution is -0.135. The fourth-order valence-corrected chi connectivity index (χ4v) is 3.84. The first kappa shape index (κ1) is 19.1. The van der Waals surface area contributed by atoms with E-state index in [0.717, 1.165) is 5.69 Å². The Morgan fingerprint density at radius 3 is 2.45 bits per heavy atom. The zero-order valence-corrected chi connectivity index (χ0v) is 16.3. The summed E-state index contributed by atoms with van der Waals surface area (Å²) in [6, 6.07) is 13.0. The van der Waals surface area contributed by atoms with Crippen LogP contribution < -0.4 is 10.5 Å². The first-order valence-electron chi connectivity index (χ1n) is 9.83. The molecule has 29 heavy (non-hydrogen) atoms. The molecular formula is C22H23FN4O2. The van der Waals surface area contributed by atoms with Crippen LogP contribution in [-0.2, 0) is 4.79 Å². The predicted molar refractivity (Wildman–Crippen MR) is 111 cm³/mol. The molecule has 0 aliphatic carbocycles. The topological polar surface area (TPSA) is 58.4 Å². The zero-order valence-electron chi connectivity index (χ0n) is 16.3. The van der Waals surface area contributed by atoms with Gasteiger partial charge in [0.25, 0.3) is 5.56 Å². The molecule has 3 aromatic rings. The summed E-state index contributed by atoms with van der Waals surface area (Å²) in [7, 11) is 0. The number of anilines is 1. The van der Waals surface area contributed by atoms with E-state index in [-0.39, 0.29) is 17.3 Å². The van der Waals surface area contributed by atoms with Gasteiger partial charge in [0.2, 0.25) is 5.91 Å². The molecule has 1 aliphatic rings. The van der Waals surface area contributed by atoms with E-state index < -0.39 is 6.04 Å². The SMILES string of the molecule is CC[C@H](C(=O)N1CCN(c2ccc(F)cc2)CC1)n1cnc2ccccc2c1=O. The summed E-state index contributed by atoms with van der Waals surface area (Å²) in [5.41, 5.74) is 1.38. The van der Waals surface area contributed by atoms with Crippen LogP contribution in [0.15, 0.2) is 59.7 Å². The molecule has 1 aromatic heterocycles. The van der Waals surface area contributed by atoms with Crippen molar-refractivity contribution in [3.8, 4) is 0 Å². The molecule has 1 amide bonds. The molecule has 0 unspecified atom stereocenters. The summed E-state index contributed by atoms with van der Waals surface area (Å²) >= 11 is 0. The van der Waals surface area contributed by atoms with Gasteiger partial charge in [-0.1, -0.05) is 19.1 Å². The van der Waals surface area contributed by atoms with Gasteiger partial charge in [-0.05, 0) is 42.8 Å². The van der Waals surface area contributed by atoms with Crippen molar-refractivity contribution >= 4 is 22.5 Å². The van der Waals surface area contributed by atoms with E-state index in [9.17, 15) is 14.0 Å². The van der Waals surface area contributed by atoms with Crippen LogP contribution in [0.3, 0.4) is 0 Å². The van der Waals surface area contributed by atoms with Crippen molar-refractivity contribution in [2.45, 2.75) is 19.4 Å². The summed E-state index contributed by atoms with van der Waals surface area (Å²) in [6.45, 7) is 4.35. The lowest BCUT2D eigenvalue weighted by Crippen LogP contribution is -2.51. The van der Waals surface area contributed by atoms with Gasteiger partial charge in [0.15, 0.2) is 0 Å². The van der Waals surface area contributed by atoms with E-state index in [1.165, 1.54) is 23.0 Å². The van der Waals surface area contributed by atoms with Crippen molar-refractivity contribution in [2.24, 2.45) is 0 Å². The molecule has 0 saturated carbocycles. The highest BCUT2D eigenvalue weighted by molar-refractivity contribution is 5.82. The number of hydrogen-bond acceptors (Lipinski definition) is 4. The van der Waals surface area contributed by atoms with Gasteiger partial charge in [0.05, 0.1) is 17.2 Å². The summed E-state index contributed by atoms with van der Waals surface area (Å²) in [6.07, 6.45) is 1.99. The lowest BCUT2D eigenvalue weighted by Gasteiger charge is -2.37. The second-order valence-electron chi connectivity index (χ2n) is 7.19. The predicted octanol–water partition coefficient (Wildman–Crippen LogP) is 2.84. The highest BCUT2D eigenvalue weighted by Gasteiger charge is 2.28. The Balaban J connectivity index is 1.51. The molecule has 7 heteroatoms. The number of fused-ring (bicyclic) bond motifs is 1. The molecule has 1 atom stereocenters. The van der Waals surface area contributed by atoms with Crippen LogP contribution in [0.1, 0.15) is 19.4 Å². The smallest absolute Gasteiger partial charge is 0.261 e. The number of nitrogens with zero attached hydrogens (tertiary/aromatic N) is 4. The minimum atomic E-state index is -0.572. The third-order valence-electron chi connectivity index (χ3n) is 5.48. The van der Waals surface area contributed by atoms with Gasteiger partial charge in [-0.2, -0.15) is 0 Å². The van der Waals surface area contributed by atoms with Crippen molar-refractivity contribution < 1.29 is 9.18 Å². The zero-order chi connectivity index (χ0) is 20.4. The maximum Gasteiger partial charge on any atom is 0.261 e. The van der Waals surface area contributed by atoms with Crippen molar-refractivity contribution in [1.29, 1.82) is 0 Å². The van der Waals surface area contributed by atoms with Crippen LogP contribution in [0.4, 0.5) is 10.1 Å². The minimum absolute atomic E-state index is 0.0644. The quantitative estimate of drug-likeness (QED) is 0.683. The number of carbonyl (C=O) groups excluding carboxylic acids is 1. The number of amides is 1. The van der Waals surface area contributed by atoms with Gasteiger partial charge in [-0.25, -0.2) is 9.37 Å². The molecular weight excluding hydrogens is 371 g/mol. The largest absolute Gasteiger partial charge is 0.368 e. The number of rotatable bonds is 4. The Morgan fingerprint density at radius 2 is 1.76 bits per heavy atom. The molecule has 1 saturated heterocycles. The van der Waals surface area contributed by atoms with E-state index in [4.69, 9.17) is 0 Å². The van der Waals surface area contributed by atoms with Gasteiger partial charge >= 0.3 is 0 Å². The number of hydrogen-bond donors (Lipinski definition) is 0. The molecule has 1 fully saturated rings. The van der Waals surface area contributed by atoms with Crippen LogP contribution in [0.25, 0.3) is 10.9 Å². The molecule has 0 N–H and O–H groups in total. The molecule has 1 aliphatic heterocycles. The molecule has 6 nitrogen and oxygen atoms in total. The van der Waals surface area contributed by atoms with E-state index in [2.05, 4.69) is 9.88 Å². The number of halogens is 1. The highest BCUT2D eigenvalue weighted by atomic mass is 19.1. The van der Waals surface area contributed by atoms with Gasteiger partial charge < -0.3 is 9.80 Å². The van der Waals surface area contributed by atoms with Crippen molar-refractivity contribution in [2.75, 3.05) is 31.1 Å². The molecule has 0 radical (unpaired) electrons. The number of para-hydroxylation sites is 1. The molecule has 2 heterocycles. The normalized spacial score (nSPS) is 15.5. The van der Waals surface area contributed by atoms with Crippen LogP contribution in [0.5, 0.6) is 0 Å². The van der Waals surface area contributed by atoms with Crippen molar-refractivity contribution in [3.05, 3.63) is 71.0 Å². The van der Waals surface area contributed by atoms with Gasteiger partial charge in [-0.15, -0.1) is 0 Å². The van der Waals surface area contributed by atoms with E-state index in [1.807, 2.05) is 13.0 Å². The van der Waals surface area contributed by atoms with E-state index >= 15 is 0 Å². The van der Waals surface area contributed by atoms with Crippen LogP contribution >= 0.6 is 0 Å². The first-order valence-corrected chi connectivity index (χ1v) is 9.83. The average Bonchev–Trinajstić information content (AvgIpc) is 2.76. The molecule has 150 valence electrons. The Morgan fingerprint density at radius 1 is 1.07 bits per heavy atom. The molecule has 4 rings (SSSR count). The fourth-order valence-electron chi connectivity index (χ4n) is 3.84. The molecule has 0 bridgehead atoms. The van der Waals surface area contributed by atoms with Crippen LogP contribution in [-0.4, -0.2) is 46.5 Å². The van der Waals surface area contributed by atoms with Gasteiger partial charge in [-0.3, -0.25) is 14.2 Å². The second kappa shape index (κ2) is 8.03. The standard InChI is InChI=1S/C22H23FN4O2/c1-2-20(27-15-24-19-6-4-3-5-18(19)21(27)28)22(29)26-13-11-25(12-14-26)17-9-7-16(23)8-10-17/h3-10,15,20H,2,11-14H2,1H3/t20-/m1/s1. The number of benzene rings is 2. The average molecular weight is 394 g/mol. The lowest BCUT2D eigenvalue weighted by atomic mass is 10.1. The third kappa shape index (κ3) is 3.72. The summed E-state index contributed by atoms with van der Waals surface area (Å²) in [5, 5.41) is 0.516. The van der Waals surface area contributed by atoms with Gasteiger partial charge in [0, 0.05) is 31.9 Å². The summed E-state index contributed by atoms with van der Waals surface area (Å²) in [4.78, 5) is 34.4. The third-order valence-corrected chi connectivity index (χ3v) is 5.48. The Hall–Kier alpha value is -3.22. The summed E-state index contributed by atoms with van der Waals surface area (Å²) in [5.74, 6) is -0.326. The van der Waals surface area contributed by atoms with Crippen LogP contribution in [0.2, 0.25) is 0 Å². The monoisotopic (exact) mass is 394 g/mol. The maximum absolute atomic E-state index is 13.2. The number of carbonyl (C=O) groups is 1. The van der Waals surface area contributed by atoms with Crippen LogP contribution in [0, 0.1) is 5.82 Å². The Kier molecular flexibility index (Phi) is 5.29. The van der Waals surface area contributed by atoms with Crippen molar-refractivity contribution in [3.63, 3.8) is 0 Å². The number of piperazine rings is 1. The Labute approximate surface area is 168 Å².